The summed E-state index contributed by atoms with van der Waals surface area (Å²) in [5.74, 6) is 0.207. The molecule has 2 heterocycles. The predicted molar refractivity (Wildman–Crippen MR) is 123 cm³/mol. The molecule has 0 aliphatic carbocycles. The predicted octanol–water partition coefficient (Wildman–Crippen LogP) is 4.39. The van der Waals surface area contributed by atoms with Crippen LogP contribution in [0, 0.1) is 0 Å². The van der Waals surface area contributed by atoms with Crippen LogP contribution in [0.25, 0.3) is 0 Å². The van der Waals surface area contributed by atoms with Crippen LogP contribution in [-0.4, -0.2) is 49.5 Å². The molecule has 0 atom stereocenters. The summed E-state index contributed by atoms with van der Waals surface area (Å²) in [6.45, 7) is 4.38. The van der Waals surface area contributed by atoms with Gasteiger partial charge < -0.3 is 15.0 Å². The van der Waals surface area contributed by atoms with Gasteiger partial charge in [0.25, 0.3) is 0 Å². The first kappa shape index (κ1) is 21.9. The largest absolute Gasteiger partial charge is 0.426 e. The minimum atomic E-state index is -0.258. The molecule has 1 N–H and O–H groups in total. The minimum absolute atomic E-state index is 0.00583. The van der Waals surface area contributed by atoms with Crippen molar-refractivity contribution in [2.24, 2.45) is 0 Å². The lowest BCUT2D eigenvalue weighted by atomic mass is 10.0. The molecule has 0 aromatic heterocycles. The Bertz CT molecular complexity index is 975. The first-order valence-corrected chi connectivity index (χ1v) is 11.3. The maximum atomic E-state index is 12.2. The third kappa shape index (κ3) is 5.50. The van der Waals surface area contributed by atoms with Gasteiger partial charge in [-0.2, -0.15) is 0 Å². The second-order valence-corrected chi connectivity index (χ2v) is 8.63. The standard InChI is InChI=1S/C23H25Cl2N3O3/c24-18-3-1-4-20(23(18)25)28-13-11-27(12-14-28)10-2-5-22(30)31-17-8-6-16-7-9-21(29)26-19(16)15-17/h1,3-4,6,8,15H,2,5,7,9-14H2,(H,26,29). The fraction of sp³-hybridized carbons (Fsp3) is 0.391. The van der Waals surface area contributed by atoms with Gasteiger partial charge in [0.2, 0.25) is 5.91 Å². The lowest BCUT2D eigenvalue weighted by Gasteiger charge is -2.36. The van der Waals surface area contributed by atoms with E-state index in [-0.39, 0.29) is 11.9 Å². The van der Waals surface area contributed by atoms with Gasteiger partial charge in [0.15, 0.2) is 0 Å². The SMILES string of the molecule is O=C1CCc2ccc(OC(=O)CCCN3CCN(c4cccc(Cl)c4Cl)CC3)cc2N1. The summed E-state index contributed by atoms with van der Waals surface area (Å²) < 4.78 is 5.46. The number of anilines is 2. The zero-order chi connectivity index (χ0) is 21.8. The number of nitrogens with one attached hydrogen (secondary N) is 1. The molecule has 31 heavy (non-hydrogen) atoms. The molecule has 0 bridgehead atoms. The van der Waals surface area contributed by atoms with Crippen molar-refractivity contribution in [1.82, 2.24) is 4.90 Å². The van der Waals surface area contributed by atoms with E-state index >= 15 is 0 Å². The Kier molecular flexibility index (Phi) is 7.00. The van der Waals surface area contributed by atoms with Gasteiger partial charge >= 0.3 is 5.97 Å². The molecule has 2 aromatic rings. The number of rotatable bonds is 6. The maximum Gasteiger partial charge on any atom is 0.311 e. The topological polar surface area (TPSA) is 61.9 Å². The van der Waals surface area contributed by atoms with Crippen molar-refractivity contribution in [3.05, 3.63) is 52.0 Å². The van der Waals surface area contributed by atoms with Gasteiger partial charge in [0.1, 0.15) is 5.75 Å². The van der Waals surface area contributed by atoms with E-state index < -0.39 is 0 Å². The van der Waals surface area contributed by atoms with Gasteiger partial charge in [-0.25, -0.2) is 0 Å². The minimum Gasteiger partial charge on any atom is -0.426 e. The highest BCUT2D eigenvalue weighted by molar-refractivity contribution is 6.43. The van der Waals surface area contributed by atoms with E-state index in [1.165, 1.54) is 0 Å². The van der Waals surface area contributed by atoms with Crippen LogP contribution < -0.4 is 15.0 Å². The van der Waals surface area contributed by atoms with Gasteiger partial charge in [0, 0.05) is 50.8 Å². The number of piperazine rings is 1. The number of ether oxygens (including phenoxy) is 1. The number of benzene rings is 2. The zero-order valence-corrected chi connectivity index (χ0v) is 18.7. The Morgan fingerprint density at radius 3 is 2.68 bits per heavy atom. The number of carbonyl (C=O) groups excluding carboxylic acids is 2. The first-order valence-electron chi connectivity index (χ1n) is 10.5. The molecule has 6 nitrogen and oxygen atoms in total. The van der Waals surface area contributed by atoms with Crippen LogP contribution in [0.1, 0.15) is 24.8 Å². The summed E-state index contributed by atoms with van der Waals surface area (Å²) in [4.78, 5) is 28.4. The number of amides is 1. The Hall–Kier alpha value is -2.28. The second-order valence-electron chi connectivity index (χ2n) is 7.85. The number of nitrogens with zero attached hydrogens (tertiary/aromatic N) is 2. The summed E-state index contributed by atoms with van der Waals surface area (Å²) >= 11 is 12.5. The van der Waals surface area contributed by atoms with E-state index in [1.54, 1.807) is 18.2 Å². The van der Waals surface area contributed by atoms with Crippen molar-refractivity contribution in [2.75, 3.05) is 42.9 Å². The smallest absolute Gasteiger partial charge is 0.311 e. The van der Waals surface area contributed by atoms with Gasteiger partial charge in [-0.1, -0.05) is 35.3 Å². The maximum absolute atomic E-state index is 12.2. The van der Waals surface area contributed by atoms with Crippen LogP contribution >= 0.6 is 23.2 Å². The van der Waals surface area contributed by atoms with Crippen LogP contribution in [0.2, 0.25) is 10.0 Å². The van der Waals surface area contributed by atoms with Crippen molar-refractivity contribution >= 4 is 46.5 Å². The summed E-state index contributed by atoms with van der Waals surface area (Å²) in [7, 11) is 0. The van der Waals surface area contributed by atoms with Crippen LogP contribution in [0.15, 0.2) is 36.4 Å². The lowest BCUT2D eigenvalue weighted by molar-refractivity contribution is -0.134. The molecular weight excluding hydrogens is 437 g/mol. The highest BCUT2D eigenvalue weighted by atomic mass is 35.5. The van der Waals surface area contributed by atoms with E-state index in [2.05, 4.69) is 15.1 Å². The third-order valence-electron chi connectivity index (χ3n) is 5.71. The molecule has 2 aromatic carbocycles. The molecule has 0 unspecified atom stereocenters. The number of fused-ring (bicyclic) bond motifs is 1. The Balaban J connectivity index is 1.20. The van der Waals surface area contributed by atoms with E-state index in [0.29, 0.717) is 35.1 Å². The number of esters is 1. The van der Waals surface area contributed by atoms with Crippen LogP contribution in [0.4, 0.5) is 11.4 Å². The second kappa shape index (κ2) is 9.90. The molecular formula is C23H25Cl2N3O3. The van der Waals surface area contributed by atoms with Crippen LogP contribution in [-0.2, 0) is 16.0 Å². The fourth-order valence-electron chi connectivity index (χ4n) is 3.99. The quantitative estimate of drug-likeness (QED) is 0.510. The molecule has 0 saturated carbocycles. The molecule has 164 valence electrons. The highest BCUT2D eigenvalue weighted by Gasteiger charge is 2.20. The van der Waals surface area contributed by atoms with E-state index in [9.17, 15) is 9.59 Å². The molecule has 8 heteroatoms. The number of hydrogen-bond acceptors (Lipinski definition) is 5. The molecule has 4 rings (SSSR count). The number of hydrogen-bond donors (Lipinski definition) is 1. The number of carbonyl (C=O) groups is 2. The van der Waals surface area contributed by atoms with Crippen molar-refractivity contribution in [3.8, 4) is 5.75 Å². The normalized spacial score (nSPS) is 16.6. The van der Waals surface area contributed by atoms with Crippen molar-refractivity contribution in [1.29, 1.82) is 0 Å². The molecule has 2 aliphatic rings. The fourth-order valence-corrected chi connectivity index (χ4v) is 4.41. The average molecular weight is 462 g/mol. The molecule has 2 aliphatic heterocycles. The average Bonchev–Trinajstić information content (AvgIpc) is 2.76. The summed E-state index contributed by atoms with van der Waals surface area (Å²) in [6, 6.07) is 11.1. The summed E-state index contributed by atoms with van der Waals surface area (Å²) in [5, 5.41) is 4.00. The molecule has 0 radical (unpaired) electrons. The van der Waals surface area contributed by atoms with Gasteiger partial charge in [-0.3, -0.25) is 14.5 Å². The number of aryl methyl sites for hydroxylation is 1. The van der Waals surface area contributed by atoms with Crippen molar-refractivity contribution < 1.29 is 14.3 Å². The van der Waals surface area contributed by atoms with Crippen LogP contribution in [0.5, 0.6) is 5.75 Å². The van der Waals surface area contributed by atoms with Gasteiger partial charge in [0.05, 0.1) is 15.7 Å². The molecule has 1 saturated heterocycles. The third-order valence-corrected chi connectivity index (χ3v) is 6.52. The van der Waals surface area contributed by atoms with E-state index in [1.807, 2.05) is 18.2 Å². The monoisotopic (exact) mass is 461 g/mol. The number of halogens is 2. The Labute approximate surface area is 192 Å². The summed E-state index contributed by atoms with van der Waals surface area (Å²) in [5.41, 5.74) is 2.77. The Morgan fingerprint density at radius 1 is 1.06 bits per heavy atom. The van der Waals surface area contributed by atoms with Gasteiger partial charge in [-0.15, -0.1) is 0 Å². The van der Waals surface area contributed by atoms with Crippen molar-refractivity contribution in [3.63, 3.8) is 0 Å². The first-order chi connectivity index (χ1) is 15.0. The highest BCUT2D eigenvalue weighted by Crippen LogP contribution is 2.33. The Morgan fingerprint density at radius 2 is 1.87 bits per heavy atom. The summed E-state index contributed by atoms with van der Waals surface area (Å²) in [6.07, 6.45) is 2.29. The van der Waals surface area contributed by atoms with E-state index in [4.69, 9.17) is 27.9 Å². The lowest BCUT2D eigenvalue weighted by Crippen LogP contribution is -2.46. The van der Waals surface area contributed by atoms with E-state index in [0.717, 1.165) is 56.1 Å². The van der Waals surface area contributed by atoms with Crippen LogP contribution in [0.3, 0.4) is 0 Å². The zero-order valence-electron chi connectivity index (χ0n) is 17.2. The van der Waals surface area contributed by atoms with Crippen molar-refractivity contribution in [2.45, 2.75) is 25.7 Å². The van der Waals surface area contributed by atoms with Gasteiger partial charge in [-0.05, 0) is 43.1 Å². The molecule has 1 fully saturated rings. The molecule has 1 amide bonds. The molecule has 0 spiro atoms.